The van der Waals surface area contributed by atoms with Gasteiger partial charge in [-0.2, -0.15) is 9.15 Å². The van der Waals surface area contributed by atoms with Crippen LogP contribution in [0.2, 0.25) is 0 Å². The lowest BCUT2D eigenvalue weighted by Crippen LogP contribution is -2.31. The summed E-state index contributed by atoms with van der Waals surface area (Å²) < 4.78 is 5.15. The molecule has 2 aliphatic heterocycles. The third kappa shape index (κ3) is 7.18. The van der Waals surface area contributed by atoms with Crippen LogP contribution in [0.4, 0.5) is 11.4 Å². The lowest BCUT2D eigenvalue weighted by molar-refractivity contribution is 0.572. The van der Waals surface area contributed by atoms with E-state index < -0.39 is 0 Å². The molecule has 0 fully saturated rings. The van der Waals surface area contributed by atoms with E-state index in [1.165, 1.54) is 129 Å². The van der Waals surface area contributed by atoms with Crippen LogP contribution >= 0.6 is 23.5 Å². The van der Waals surface area contributed by atoms with Crippen LogP contribution in [0.25, 0.3) is 0 Å². The highest BCUT2D eigenvalue weighted by molar-refractivity contribution is 7.99. The van der Waals surface area contributed by atoms with Crippen molar-refractivity contribution in [2.24, 2.45) is 0 Å². The minimum absolute atomic E-state index is 1.08. The Morgan fingerprint density at radius 3 is 1.30 bits per heavy atom. The standard InChI is InChI=1S/C40H48N2S2/c1-3-5-7-9-11-17-27-41-33-19-13-15-21-37(33)43-39-29-31(23-25-35(39)41)32-24-26-36-40(30-32)44-38-22-16-14-20-34(38)42(36)28-18-12-10-8-6-4-2/h13-16,19-26,29-30H,3-12,17-18,27-28H2,1-2H3/q+2. The van der Waals surface area contributed by atoms with Crippen LogP contribution in [0, 0.1) is 10.4 Å². The smallest absolute Gasteiger partial charge is 0.190 e. The van der Waals surface area contributed by atoms with Crippen molar-refractivity contribution in [3.8, 4) is 0 Å². The van der Waals surface area contributed by atoms with Gasteiger partial charge in [-0.1, -0.05) is 113 Å². The molecule has 44 heavy (non-hydrogen) atoms. The second kappa shape index (κ2) is 15.5. The minimum atomic E-state index is 1.08. The predicted molar refractivity (Wildman–Crippen MR) is 189 cm³/mol. The first-order valence-electron chi connectivity index (χ1n) is 17.1. The fraction of sp³-hybridized carbons (Fsp3) is 0.400. The minimum Gasteiger partial charge on any atom is -0.190 e. The van der Waals surface area contributed by atoms with Crippen molar-refractivity contribution in [1.29, 1.82) is 0 Å². The van der Waals surface area contributed by atoms with Gasteiger partial charge in [0, 0.05) is 37.1 Å². The van der Waals surface area contributed by atoms with E-state index in [9.17, 15) is 0 Å². The molecule has 4 heteroatoms. The highest BCUT2D eigenvalue weighted by atomic mass is 32.2. The molecule has 0 spiro atoms. The first kappa shape index (κ1) is 31.2. The molecule has 2 aliphatic rings. The normalized spacial score (nSPS) is 14.1. The number of rotatable bonds is 14. The van der Waals surface area contributed by atoms with E-state index in [0.29, 0.717) is 0 Å². The number of nitrogens with zero attached hydrogens (tertiary/aromatic N) is 2. The summed E-state index contributed by atoms with van der Waals surface area (Å²) in [6.07, 6.45) is 15.9. The predicted octanol–water partition coefficient (Wildman–Crippen LogP) is 10.3. The van der Waals surface area contributed by atoms with E-state index in [0.717, 1.165) is 13.1 Å². The number of benzene rings is 4. The second-order valence-corrected chi connectivity index (χ2v) is 14.5. The van der Waals surface area contributed by atoms with Gasteiger partial charge in [-0.25, -0.2) is 0 Å². The van der Waals surface area contributed by atoms with Crippen molar-refractivity contribution in [1.82, 2.24) is 9.15 Å². The lowest BCUT2D eigenvalue weighted by atomic mass is 10.1. The molecule has 0 radical (unpaired) electrons. The van der Waals surface area contributed by atoms with Crippen molar-refractivity contribution in [2.75, 3.05) is 13.1 Å². The maximum absolute atomic E-state index is 2.57. The van der Waals surface area contributed by atoms with Crippen molar-refractivity contribution in [2.45, 2.75) is 110 Å². The second-order valence-electron chi connectivity index (χ2n) is 12.3. The topological polar surface area (TPSA) is 6.02 Å². The van der Waals surface area contributed by atoms with Gasteiger partial charge < -0.3 is 0 Å². The zero-order valence-corrected chi connectivity index (χ0v) is 28.3. The van der Waals surface area contributed by atoms with Crippen molar-refractivity contribution in [3.63, 3.8) is 0 Å². The molecule has 2 nitrogen and oxygen atoms in total. The highest BCUT2D eigenvalue weighted by Gasteiger charge is 2.25. The van der Waals surface area contributed by atoms with Gasteiger partial charge in [-0.3, -0.25) is 0 Å². The van der Waals surface area contributed by atoms with Crippen LogP contribution in [0.3, 0.4) is 0 Å². The van der Waals surface area contributed by atoms with Gasteiger partial charge in [0.2, 0.25) is 22.1 Å². The summed E-state index contributed by atoms with van der Waals surface area (Å²) in [4.78, 5) is 5.47. The fourth-order valence-electron chi connectivity index (χ4n) is 6.61. The van der Waals surface area contributed by atoms with E-state index in [1.54, 1.807) is 0 Å². The Balaban J connectivity index is 1.35. The molecule has 0 aliphatic carbocycles. The molecule has 0 saturated carbocycles. The molecule has 6 rings (SSSR count). The first-order chi connectivity index (χ1) is 21.8. The molecule has 4 aromatic rings. The molecule has 0 saturated heterocycles. The lowest BCUT2D eigenvalue weighted by Gasteiger charge is -2.15. The van der Waals surface area contributed by atoms with E-state index in [-0.39, 0.29) is 0 Å². The molecule has 0 amide bonds. The maximum atomic E-state index is 2.57. The number of fused-ring (bicyclic) bond motifs is 4. The summed E-state index contributed by atoms with van der Waals surface area (Å²) in [5.74, 6) is 0. The van der Waals surface area contributed by atoms with Crippen molar-refractivity contribution < 1.29 is 0 Å². The Morgan fingerprint density at radius 2 is 0.841 bits per heavy atom. The van der Waals surface area contributed by atoms with E-state index in [1.807, 2.05) is 23.5 Å². The van der Waals surface area contributed by atoms with Gasteiger partial charge in [0.25, 0.3) is 0 Å². The van der Waals surface area contributed by atoms with Crippen LogP contribution in [0.15, 0.2) is 105 Å². The summed E-state index contributed by atoms with van der Waals surface area (Å²) in [6.45, 7) is 6.75. The molecule has 4 aromatic carbocycles. The van der Waals surface area contributed by atoms with Crippen molar-refractivity contribution in [3.05, 3.63) is 106 Å². The molecule has 0 unspecified atom stereocenters. The van der Waals surface area contributed by atoms with Crippen LogP contribution in [0.1, 0.15) is 90.9 Å². The van der Waals surface area contributed by atoms with Crippen LogP contribution < -0.4 is 19.9 Å². The van der Waals surface area contributed by atoms with E-state index in [4.69, 9.17) is 0 Å². The highest BCUT2D eigenvalue weighted by Crippen LogP contribution is 2.37. The molecular formula is C40H48N2S2+2. The third-order valence-corrected chi connectivity index (χ3v) is 11.3. The Kier molecular flexibility index (Phi) is 10.9. The first-order valence-corrected chi connectivity index (χ1v) is 18.8. The Morgan fingerprint density at radius 1 is 0.432 bits per heavy atom. The van der Waals surface area contributed by atoms with Gasteiger partial charge in [-0.05, 0) is 59.7 Å². The van der Waals surface area contributed by atoms with Gasteiger partial charge in [0.15, 0.2) is 0 Å². The van der Waals surface area contributed by atoms with E-state index >= 15 is 0 Å². The summed E-state index contributed by atoms with van der Waals surface area (Å²) >= 11 is 3.85. The maximum Gasteiger partial charge on any atom is 0.219 e. The summed E-state index contributed by atoms with van der Waals surface area (Å²) in [5, 5.41) is 5.33. The van der Waals surface area contributed by atoms with Crippen LogP contribution in [0.5, 0.6) is 0 Å². The van der Waals surface area contributed by atoms with Crippen LogP contribution in [-0.4, -0.2) is 13.1 Å². The number of unbranched alkanes of at least 4 members (excludes halogenated alkanes) is 10. The largest absolute Gasteiger partial charge is 0.219 e. The van der Waals surface area contributed by atoms with Gasteiger partial charge in [0.1, 0.15) is 13.1 Å². The average Bonchev–Trinajstić information content (AvgIpc) is 3.06. The average molecular weight is 621 g/mol. The zero-order chi connectivity index (χ0) is 30.1. The number of para-hydroxylation sites is 2. The van der Waals surface area contributed by atoms with Crippen molar-refractivity contribution >= 4 is 34.9 Å². The summed E-state index contributed by atoms with van der Waals surface area (Å²) in [5.41, 5.74) is 2.72. The molecule has 0 atom stereocenters. The molecule has 0 N–H and O–H groups in total. The SMILES string of the molecule is CCCCCCCC[N+]1=c2ccc(=c3ccc4c(c3)Sc3ccccc3[N+]=4CCCCCCCC)cc2Sc2ccccc21. The fourth-order valence-corrected chi connectivity index (χ4v) is 8.88. The quantitative estimate of drug-likeness (QED) is 0.102. The van der Waals surface area contributed by atoms with E-state index in [2.05, 4.69) is 108 Å². The van der Waals surface area contributed by atoms with Gasteiger partial charge in [0.05, 0.1) is 19.6 Å². The molecule has 0 bridgehead atoms. The van der Waals surface area contributed by atoms with Gasteiger partial charge >= 0.3 is 0 Å². The van der Waals surface area contributed by atoms with Crippen LogP contribution in [-0.2, 0) is 0 Å². The molecule has 228 valence electrons. The molecule has 2 heterocycles. The Hall–Kier alpha value is -2.82. The molecule has 0 aromatic heterocycles. The number of hydrogen-bond acceptors (Lipinski definition) is 2. The third-order valence-electron chi connectivity index (χ3n) is 9.06. The molecular weight excluding hydrogens is 573 g/mol. The Bertz CT molecular complexity index is 1680. The zero-order valence-electron chi connectivity index (χ0n) is 26.7. The summed E-state index contributed by atoms with van der Waals surface area (Å²) in [6, 6.07) is 32.2. The monoisotopic (exact) mass is 620 g/mol. The van der Waals surface area contributed by atoms with Gasteiger partial charge in [-0.15, -0.1) is 0 Å². The summed E-state index contributed by atoms with van der Waals surface area (Å²) in [7, 11) is 0. The number of hydrogen-bond donors (Lipinski definition) is 0. The Labute approximate surface area is 272 Å².